The minimum atomic E-state index is 0. The molecular formula is C15H35IN4. The minimum Gasteiger partial charge on any atom is -0.357 e. The third-order valence-corrected chi connectivity index (χ3v) is 3.26. The van der Waals surface area contributed by atoms with E-state index < -0.39 is 0 Å². The van der Waals surface area contributed by atoms with Crippen LogP contribution in [-0.2, 0) is 0 Å². The van der Waals surface area contributed by atoms with E-state index in [1.54, 1.807) is 0 Å². The van der Waals surface area contributed by atoms with Gasteiger partial charge in [-0.1, -0.05) is 26.2 Å². The van der Waals surface area contributed by atoms with E-state index in [9.17, 15) is 0 Å². The van der Waals surface area contributed by atoms with Crippen LogP contribution in [0.5, 0.6) is 0 Å². The maximum Gasteiger partial charge on any atom is 0.191 e. The highest BCUT2D eigenvalue weighted by molar-refractivity contribution is 14.0. The van der Waals surface area contributed by atoms with Gasteiger partial charge in [0.25, 0.3) is 0 Å². The van der Waals surface area contributed by atoms with Crippen LogP contribution in [0.2, 0.25) is 0 Å². The number of halogens is 1. The largest absolute Gasteiger partial charge is 0.357 e. The van der Waals surface area contributed by atoms with Crippen molar-refractivity contribution in [3.63, 3.8) is 0 Å². The Balaban J connectivity index is 0. The van der Waals surface area contributed by atoms with E-state index in [2.05, 4.69) is 55.3 Å². The second kappa shape index (κ2) is 15.4. The average Bonchev–Trinajstić information content (AvgIpc) is 2.38. The van der Waals surface area contributed by atoms with Crippen molar-refractivity contribution in [2.24, 2.45) is 4.99 Å². The van der Waals surface area contributed by atoms with Crippen molar-refractivity contribution in [3.05, 3.63) is 0 Å². The summed E-state index contributed by atoms with van der Waals surface area (Å²) in [5.41, 5.74) is 0. The van der Waals surface area contributed by atoms with Crippen molar-refractivity contribution in [1.29, 1.82) is 0 Å². The highest BCUT2D eigenvalue weighted by Crippen LogP contribution is 1.98. The average molecular weight is 398 g/mol. The molecule has 0 aromatic heterocycles. The lowest BCUT2D eigenvalue weighted by atomic mass is 10.2. The van der Waals surface area contributed by atoms with E-state index >= 15 is 0 Å². The van der Waals surface area contributed by atoms with Crippen LogP contribution in [0, 0.1) is 0 Å². The smallest absolute Gasteiger partial charge is 0.191 e. The summed E-state index contributed by atoms with van der Waals surface area (Å²) < 4.78 is 0. The zero-order chi connectivity index (χ0) is 14.5. The number of hydrogen-bond donors (Lipinski definition) is 2. The third-order valence-electron chi connectivity index (χ3n) is 3.26. The van der Waals surface area contributed by atoms with Crippen LogP contribution in [-0.4, -0.2) is 50.1 Å². The van der Waals surface area contributed by atoms with Crippen molar-refractivity contribution in [3.8, 4) is 0 Å². The molecule has 0 spiro atoms. The monoisotopic (exact) mass is 398 g/mol. The third kappa shape index (κ3) is 13.0. The van der Waals surface area contributed by atoms with Crippen LogP contribution in [0.15, 0.2) is 4.99 Å². The molecule has 0 aliphatic rings. The molecule has 0 radical (unpaired) electrons. The van der Waals surface area contributed by atoms with Gasteiger partial charge in [0.15, 0.2) is 5.96 Å². The number of unbranched alkanes of at least 4 members (excludes halogenated alkanes) is 3. The Morgan fingerprint density at radius 1 is 1.10 bits per heavy atom. The van der Waals surface area contributed by atoms with Gasteiger partial charge in [-0.2, -0.15) is 0 Å². The van der Waals surface area contributed by atoms with Crippen molar-refractivity contribution in [2.75, 3.05) is 33.2 Å². The summed E-state index contributed by atoms with van der Waals surface area (Å²) in [6.45, 7) is 12.6. The van der Waals surface area contributed by atoms with Crippen LogP contribution < -0.4 is 10.6 Å². The molecule has 0 rings (SSSR count). The zero-order valence-electron chi connectivity index (χ0n) is 14.0. The molecule has 0 saturated heterocycles. The Hall–Kier alpha value is -0.0400. The van der Waals surface area contributed by atoms with E-state index in [1.807, 2.05) is 0 Å². The number of rotatable bonds is 10. The van der Waals surface area contributed by atoms with E-state index in [-0.39, 0.29) is 24.0 Å². The SMILES string of the molecule is CCCCCCN=C(NCC)NCCN(C)C(C)C.I. The van der Waals surface area contributed by atoms with Crippen LogP contribution in [0.3, 0.4) is 0 Å². The normalized spacial score (nSPS) is 11.7. The first kappa shape index (κ1) is 22.2. The fourth-order valence-corrected chi connectivity index (χ4v) is 1.68. The summed E-state index contributed by atoms with van der Waals surface area (Å²) in [4.78, 5) is 6.93. The molecule has 0 atom stereocenters. The topological polar surface area (TPSA) is 39.7 Å². The van der Waals surface area contributed by atoms with Gasteiger partial charge in [-0.3, -0.25) is 4.99 Å². The Morgan fingerprint density at radius 2 is 1.80 bits per heavy atom. The number of nitrogens with one attached hydrogen (secondary N) is 2. The van der Waals surface area contributed by atoms with Gasteiger partial charge in [-0.05, 0) is 34.2 Å². The van der Waals surface area contributed by atoms with Gasteiger partial charge in [0.1, 0.15) is 0 Å². The maximum atomic E-state index is 4.60. The number of aliphatic imine (C=N–C) groups is 1. The quantitative estimate of drug-likeness (QED) is 0.257. The van der Waals surface area contributed by atoms with Crippen LogP contribution in [0.1, 0.15) is 53.4 Å². The summed E-state index contributed by atoms with van der Waals surface area (Å²) in [5, 5.41) is 6.69. The summed E-state index contributed by atoms with van der Waals surface area (Å²) in [6.07, 6.45) is 5.08. The molecule has 0 aliphatic carbocycles. The number of hydrogen-bond acceptors (Lipinski definition) is 2. The van der Waals surface area contributed by atoms with Gasteiger partial charge in [0.2, 0.25) is 0 Å². The molecule has 0 heterocycles. The molecule has 2 N–H and O–H groups in total. The zero-order valence-corrected chi connectivity index (χ0v) is 16.4. The molecule has 0 unspecified atom stereocenters. The predicted molar refractivity (Wildman–Crippen MR) is 101 cm³/mol. The second-order valence-electron chi connectivity index (χ2n) is 5.32. The molecule has 5 heteroatoms. The maximum absolute atomic E-state index is 4.60. The Labute approximate surface area is 143 Å². The summed E-state index contributed by atoms with van der Waals surface area (Å²) in [5.74, 6) is 0.955. The van der Waals surface area contributed by atoms with Crippen LogP contribution in [0.4, 0.5) is 0 Å². The second-order valence-corrected chi connectivity index (χ2v) is 5.32. The van der Waals surface area contributed by atoms with Crippen molar-refractivity contribution in [2.45, 2.75) is 59.4 Å². The van der Waals surface area contributed by atoms with E-state index in [4.69, 9.17) is 0 Å². The van der Waals surface area contributed by atoms with Gasteiger partial charge in [-0.15, -0.1) is 24.0 Å². The van der Waals surface area contributed by atoms with Gasteiger partial charge in [-0.25, -0.2) is 0 Å². The summed E-state index contributed by atoms with van der Waals surface area (Å²) in [7, 11) is 2.15. The Bertz CT molecular complexity index is 232. The Kier molecular flexibility index (Phi) is 17.1. The fourth-order valence-electron chi connectivity index (χ4n) is 1.68. The van der Waals surface area contributed by atoms with E-state index in [0.717, 1.165) is 32.1 Å². The first-order valence-electron chi connectivity index (χ1n) is 7.84. The summed E-state index contributed by atoms with van der Waals surface area (Å²) in [6, 6.07) is 0.593. The lowest BCUT2D eigenvalue weighted by Gasteiger charge is -2.21. The van der Waals surface area contributed by atoms with Crippen molar-refractivity contribution in [1.82, 2.24) is 15.5 Å². The van der Waals surface area contributed by atoms with Crippen LogP contribution in [0.25, 0.3) is 0 Å². The molecule has 122 valence electrons. The van der Waals surface area contributed by atoms with Gasteiger partial charge in [0.05, 0.1) is 0 Å². The minimum absolute atomic E-state index is 0. The molecule has 0 saturated carbocycles. The van der Waals surface area contributed by atoms with Gasteiger partial charge >= 0.3 is 0 Å². The van der Waals surface area contributed by atoms with E-state index in [0.29, 0.717) is 6.04 Å². The Morgan fingerprint density at radius 3 is 2.35 bits per heavy atom. The van der Waals surface area contributed by atoms with Gasteiger partial charge < -0.3 is 15.5 Å². The molecular weight excluding hydrogens is 363 g/mol. The number of likely N-dealkylation sites (N-methyl/N-ethyl adjacent to an activating group) is 1. The molecule has 0 aliphatic heterocycles. The highest BCUT2D eigenvalue weighted by Gasteiger charge is 2.02. The van der Waals surface area contributed by atoms with Crippen molar-refractivity contribution < 1.29 is 0 Å². The predicted octanol–water partition coefficient (Wildman–Crippen LogP) is 3.08. The first-order valence-corrected chi connectivity index (χ1v) is 7.84. The summed E-state index contributed by atoms with van der Waals surface area (Å²) >= 11 is 0. The van der Waals surface area contributed by atoms with Crippen molar-refractivity contribution >= 4 is 29.9 Å². The molecule has 0 fully saturated rings. The lowest BCUT2D eigenvalue weighted by molar-refractivity contribution is 0.278. The highest BCUT2D eigenvalue weighted by atomic mass is 127. The molecule has 4 nitrogen and oxygen atoms in total. The lowest BCUT2D eigenvalue weighted by Crippen LogP contribution is -2.42. The fraction of sp³-hybridized carbons (Fsp3) is 0.933. The molecule has 0 aromatic rings. The number of guanidine groups is 1. The van der Waals surface area contributed by atoms with E-state index in [1.165, 1.54) is 25.7 Å². The standard InChI is InChI=1S/C15H34N4.HI/c1-6-8-9-10-11-17-15(16-7-2)18-12-13-19(5)14(3)4;/h14H,6-13H2,1-5H3,(H2,16,17,18);1H. The van der Waals surface area contributed by atoms with Gasteiger partial charge in [0, 0.05) is 32.2 Å². The first-order chi connectivity index (χ1) is 9.11. The molecule has 0 aromatic carbocycles. The van der Waals surface area contributed by atoms with Crippen LogP contribution >= 0.6 is 24.0 Å². The number of nitrogens with zero attached hydrogens (tertiary/aromatic N) is 2. The molecule has 20 heavy (non-hydrogen) atoms. The molecule has 0 bridgehead atoms. The molecule has 0 amide bonds.